The third-order valence-electron chi connectivity index (χ3n) is 6.00. The smallest absolute Gasteiger partial charge is 0.247 e. The molecule has 0 saturated heterocycles. The van der Waals surface area contributed by atoms with Gasteiger partial charge in [0.05, 0.1) is 6.42 Å². The number of benzene rings is 1. The van der Waals surface area contributed by atoms with Crippen molar-refractivity contribution in [2.24, 2.45) is 0 Å². The molecule has 5 heteroatoms. The van der Waals surface area contributed by atoms with Crippen molar-refractivity contribution in [2.45, 2.75) is 76.4 Å². The molecular weight excluding hydrogens is 380 g/mol. The zero-order valence-electron chi connectivity index (χ0n) is 17.1. The van der Waals surface area contributed by atoms with Gasteiger partial charge in [0.25, 0.3) is 0 Å². The summed E-state index contributed by atoms with van der Waals surface area (Å²) in [6.45, 7) is 2.04. The molecule has 2 amide bonds. The van der Waals surface area contributed by atoms with Gasteiger partial charge in [0.1, 0.15) is 6.04 Å². The average molecular weight is 411 g/mol. The fourth-order valence-corrected chi connectivity index (χ4v) is 4.97. The minimum absolute atomic E-state index is 0.0211. The van der Waals surface area contributed by atoms with E-state index < -0.39 is 6.04 Å². The van der Waals surface area contributed by atoms with Crippen LogP contribution < -0.4 is 5.32 Å². The number of aryl methyl sites for hydroxylation is 1. The highest BCUT2D eigenvalue weighted by Gasteiger charge is 2.41. The first kappa shape index (κ1) is 20.1. The predicted octanol–water partition coefficient (Wildman–Crippen LogP) is 4.78. The standard InChI is InChI=1S/C24H30N2O2S/c1-17-9-11-18(12-10-17)23(24(28)25-19-6-3-2-4-7-19)26(20-13-14-20)22(27)16-21-8-5-15-29-21/h5,8-12,15,19-20,23H,2-4,6-7,13-14,16H2,1H3,(H,25,28). The Bertz CT molecular complexity index is 821. The van der Waals surface area contributed by atoms with Crippen LogP contribution in [0.3, 0.4) is 0 Å². The molecule has 4 nitrogen and oxygen atoms in total. The maximum absolute atomic E-state index is 13.5. The molecule has 2 saturated carbocycles. The van der Waals surface area contributed by atoms with Gasteiger partial charge in [0.2, 0.25) is 11.8 Å². The SMILES string of the molecule is Cc1ccc(C(C(=O)NC2CCCCC2)N(C(=O)Cc2cccs2)C2CC2)cc1. The van der Waals surface area contributed by atoms with Crippen LogP contribution in [0, 0.1) is 6.92 Å². The molecule has 1 N–H and O–H groups in total. The number of carbonyl (C=O) groups excluding carboxylic acids is 2. The molecule has 1 aromatic heterocycles. The van der Waals surface area contributed by atoms with Crippen LogP contribution in [0.5, 0.6) is 0 Å². The van der Waals surface area contributed by atoms with E-state index in [0.717, 1.165) is 41.7 Å². The maximum atomic E-state index is 13.5. The van der Waals surface area contributed by atoms with Gasteiger partial charge >= 0.3 is 0 Å². The molecule has 0 aliphatic heterocycles. The molecule has 0 radical (unpaired) electrons. The maximum Gasteiger partial charge on any atom is 0.247 e. The third kappa shape index (κ3) is 5.08. The van der Waals surface area contributed by atoms with Crippen molar-refractivity contribution in [2.75, 3.05) is 0 Å². The van der Waals surface area contributed by atoms with Crippen molar-refractivity contribution < 1.29 is 9.59 Å². The lowest BCUT2D eigenvalue weighted by Gasteiger charge is -2.33. The summed E-state index contributed by atoms with van der Waals surface area (Å²) in [6.07, 6.45) is 8.00. The van der Waals surface area contributed by atoms with E-state index >= 15 is 0 Å². The molecule has 2 aromatic rings. The Morgan fingerprint density at radius 1 is 1.07 bits per heavy atom. The van der Waals surface area contributed by atoms with Gasteiger partial charge in [-0.05, 0) is 49.6 Å². The highest BCUT2D eigenvalue weighted by molar-refractivity contribution is 7.10. The summed E-state index contributed by atoms with van der Waals surface area (Å²) in [5.74, 6) is 0.0338. The summed E-state index contributed by atoms with van der Waals surface area (Å²) < 4.78 is 0. The highest BCUT2D eigenvalue weighted by atomic mass is 32.1. The molecule has 1 unspecified atom stereocenters. The van der Waals surface area contributed by atoms with Gasteiger partial charge < -0.3 is 10.2 Å². The molecule has 0 bridgehead atoms. The molecule has 1 heterocycles. The van der Waals surface area contributed by atoms with Crippen molar-refractivity contribution in [3.8, 4) is 0 Å². The van der Waals surface area contributed by atoms with Crippen molar-refractivity contribution in [1.29, 1.82) is 0 Å². The number of nitrogens with zero attached hydrogens (tertiary/aromatic N) is 1. The summed E-state index contributed by atoms with van der Waals surface area (Å²) in [5, 5.41) is 5.28. The highest BCUT2D eigenvalue weighted by Crippen LogP contribution is 2.36. The quantitative estimate of drug-likeness (QED) is 0.714. The van der Waals surface area contributed by atoms with Crippen molar-refractivity contribution >= 4 is 23.2 Å². The monoisotopic (exact) mass is 410 g/mol. The van der Waals surface area contributed by atoms with E-state index in [2.05, 4.69) is 5.32 Å². The number of hydrogen-bond donors (Lipinski definition) is 1. The Balaban J connectivity index is 1.60. The second-order valence-corrected chi connectivity index (χ2v) is 9.48. The predicted molar refractivity (Wildman–Crippen MR) is 117 cm³/mol. The summed E-state index contributed by atoms with van der Waals surface area (Å²) in [5.41, 5.74) is 2.07. The topological polar surface area (TPSA) is 49.4 Å². The molecule has 1 aromatic carbocycles. The Kier molecular flexibility index (Phi) is 6.34. The van der Waals surface area contributed by atoms with Gasteiger partial charge in [-0.2, -0.15) is 0 Å². The second kappa shape index (κ2) is 9.12. The Morgan fingerprint density at radius 3 is 2.41 bits per heavy atom. The van der Waals surface area contributed by atoms with Crippen LogP contribution in [0.15, 0.2) is 41.8 Å². The molecular formula is C24H30N2O2S. The summed E-state index contributed by atoms with van der Waals surface area (Å²) in [6, 6.07) is 11.9. The van der Waals surface area contributed by atoms with Crippen LogP contribution in [-0.4, -0.2) is 28.8 Å². The summed E-state index contributed by atoms with van der Waals surface area (Å²) in [7, 11) is 0. The summed E-state index contributed by atoms with van der Waals surface area (Å²) in [4.78, 5) is 29.7. The molecule has 1 atom stereocenters. The van der Waals surface area contributed by atoms with Gasteiger partial charge in [-0.25, -0.2) is 0 Å². The minimum Gasteiger partial charge on any atom is -0.351 e. The van der Waals surface area contributed by atoms with Crippen LogP contribution in [0.25, 0.3) is 0 Å². The normalized spacial score (nSPS) is 18.2. The van der Waals surface area contributed by atoms with E-state index in [1.165, 1.54) is 19.3 Å². The van der Waals surface area contributed by atoms with E-state index in [9.17, 15) is 9.59 Å². The van der Waals surface area contributed by atoms with Crippen molar-refractivity contribution in [3.63, 3.8) is 0 Å². The molecule has 4 rings (SSSR count). The largest absolute Gasteiger partial charge is 0.351 e. The van der Waals surface area contributed by atoms with Crippen molar-refractivity contribution in [1.82, 2.24) is 10.2 Å². The Hall–Kier alpha value is -2.14. The summed E-state index contributed by atoms with van der Waals surface area (Å²) >= 11 is 1.60. The second-order valence-electron chi connectivity index (χ2n) is 8.45. The molecule has 2 fully saturated rings. The Labute approximate surface area is 177 Å². The number of amides is 2. The number of carbonyl (C=O) groups is 2. The van der Waals surface area contributed by atoms with E-state index in [1.54, 1.807) is 11.3 Å². The zero-order valence-corrected chi connectivity index (χ0v) is 17.9. The number of nitrogens with one attached hydrogen (secondary N) is 1. The Morgan fingerprint density at radius 2 is 1.79 bits per heavy atom. The lowest BCUT2D eigenvalue weighted by molar-refractivity contribution is -0.141. The van der Waals surface area contributed by atoms with Gasteiger partial charge in [-0.15, -0.1) is 11.3 Å². The van der Waals surface area contributed by atoms with Crippen LogP contribution in [0.1, 0.15) is 67.0 Å². The van der Waals surface area contributed by atoms with Crippen molar-refractivity contribution in [3.05, 3.63) is 57.8 Å². The molecule has 154 valence electrons. The zero-order chi connectivity index (χ0) is 20.2. The minimum atomic E-state index is -0.544. The fourth-order valence-electron chi connectivity index (χ4n) is 4.28. The molecule has 2 aliphatic carbocycles. The number of rotatable bonds is 7. The fraction of sp³-hybridized carbons (Fsp3) is 0.500. The first-order chi connectivity index (χ1) is 14.1. The van der Waals surface area contributed by atoms with Gasteiger partial charge in [0, 0.05) is 17.0 Å². The average Bonchev–Trinajstić information content (AvgIpc) is 3.43. The van der Waals surface area contributed by atoms with E-state index in [1.807, 2.05) is 53.6 Å². The molecule has 2 aliphatic rings. The van der Waals surface area contributed by atoms with Gasteiger partial charge in [-0.3, -0.25) is 9.59 Å². The van der Waals surface area contributed by atoms with E-state index in [-0.39, 0.29) is 23.9 Å². The lowest BCUT2D eigenvalue weighted by atomic mass is 9.94. The third-order valence-corrected chi connectivity index (χ3v) is 6.88. The van der Waals surface area contributed by atoms with Crippen LogP contribution in [0.4, 0.5) is 0 Å². The first-order valence-electron chi connectivity index (χ1n) is 10.8. The van der Waals surface area contributed by atoms with E-state index in [0.29, 0.717) is 6.42 Å². The molecule has 29 heavy (non-hydrogen) atoms. The first-order valence-corrected chi connectivity index (χ1v) is 11.7. The van der Waals surface area contributed by atoms with E-state index in [4.69, 9.17) is 0 Å². The number of hydrogen-bond acceptors (Lipinski definition) is 3. The van der Waals surface area contributed by atoms with Gasteiger partial charge in [0.15, 0.2) is 0 Å². The van der Waals surface area contributed by atoms with Crippen LogP contribution >= 0.6 is 11.3 Å². The molecule has 0 spiro atoms. The van der Waals surface area contributed by atoms with Crippen LogP contribution in [-0.2, 0) is 16.0 Å². The van der Waals surface area contributed by atoms with Gasteiger partial charge in [-0.1, -0.05) is 55.2 Å². The lowest BCUT2D eigenvalue weighted by Crippen LogP contribution is -2.48. The van der Waals surface area contributed by atoms with Crippen LogP contribution in [0.2, 0.25) is 0 Å². The number of thiophene rings is 1.